The maximum Gasteiger partial charge on any atom is 0.407 e. The Bertz CT molecular complexity index is 1090. The van der Waals surface area contributed by atoms with Crippen molar-refractivity contribution in [3.63, 3.8) is 0 Å². The summed E-state index contributed by atoms with van der Waals surface area (Å²) in [6.07, 6.45) is 16.4. The minimum Gasteiger partial charge on any atom is -0.462 e. The van der Waals surface area contributed by atoms with E-state index in [2.05, 4.69) is 51.1 Å². The number of ether oxygens (including phenoxy) is 2. The van der Waals surface area contributed by atoms with E-state index in [1.54, 1.807) is 6.92 Å². The molecule has 4 rings (SSSR count). The van der Waals surface area contributed by atoms with Gasteiger partial charge in [-0.25, -0.2) is 4.79 Å². The lowest BCUT2D eigenvalue weighted by Gasteiger charge is -2.58. The van der Waals surface area contributed by atoms with E-state index >= 15 is 0 Å². The van der Waals surface area contributed by atoms with Crippen molar-refractivity contribution in [2.45, 2.75) is 156 Å². The SMILES string of the molecule is [2H]OCCC(CCNC(=O)O[C@H]1CC[C@@]2(C)C(=CCC3C2CC[C@@]2(C)C3CC[C@@H]2[C@@H](C)CCCC(C)C)C1)OC(=O)CCC(=O)CC. The van der Waals surface area contributed by atoms with Crippen LogP contribution in [0.2, 0.25) is 0 Å². The molecule has 262 valence electrons. The molecule has 1 amide bonds. The molecule has 0 aromatic rings. The number of carbonyl (C=O) groups is 3. The fourth-order valence-corrected chi connectivity index (χ4v) is 10.3. The largest absolute Gasteiger partial charge is 0.462 e. The predicted octanol–water partition coefficient (Wildman–Crippen LogP) is 8.57. The van der Waals surface area contributed by atoms with E-state index in [0.717, 1.165) is 54.8 Å². The Morgan fingerprint density at radius 1 is 1.02 bits per heavy atom. The minimum atomic E-state index is -0.499. The van der Waals surface area contributed by atoms with Crippen LogP contribution in [0.1, 0.15) is 144 Å². The van der Waals surface area contributed by atoms with Gasteiger partial charge in [0.15, 0.2) is 0 Å². The normalized spacial score (nSPS) is 33.5. The Balaban J connectivity index is 1.26. The fourth-order valence-electron chi connectivity index (χ4n) is 10.3. The third-order valence-electron chi connectivity index (χ3n) is 13.0. The van der Waals surface area contributed by atoms with Gasteiger partial charge in [-0.2, -0.15) is 0 Å². The van der Waals surface area contributed by atoms with Gasteiger partial charge in [0.25, 0.3) is 0 Å². The Morgan fingerprint density at radius 3 is 2.57 bits per heavy atom. The van der Waals surface area contributed by atoms with Gasteiger partial charge in [0.2, 0.25) is 1.43 Å². The van der Waals surface area contributed by atoms with Crippen molar-refractivity contribution in [3.8, 4) is 0 Å². The number of Topliss-reactive ketones (excluding diaryl/α,β-unsaturated/α-hetero) is 1. The van der Waals surface area contributed by atoms with Crippen molar-refractivity contribution in [2.75, 3.05) is 13.2 Å². The Kier molecular flexibility index (Phi) is 12.7. The van der Waals surface area contributed by atoms with Crippen molar-refractivity contribution in [1.82, 2.24) is 5.32 Å². The van der Waals surface area contributed by atoms with E-state index in [1.807, 2.05) is 0 Å². The molecule has 0 bridgehead atoms. The van der Waals surface area contributed by atoms with Gasteiger partial charge < -0.3 is 19.9 Å². The average Bonchev–Trinajstić information content (AvgIpc) is 3.39. The molecule has 7 heteroatoms. The van der Waals surface area contributed by atoms with Crippen LogP contribution in [-0.4, -0.2) is 49.7 Å². The molecule has 0 radical (unpaired) electrons. The van der Waals surface area contributed by atoms with E-state index in [0.29, 0.717) is 24.7 Å². The van der Waals surface area contributed by atoms with Gasteiger partial charge in [0, 0.05) is 45.3 Å². The average molecular weight is 645 g/mol. The molecule has 4 aliphatic rings. The number of nitrogens with one attached hydrogen (secondary N) is 1. The lowest BCUT2D eigenvalue weighted by atomic mass is 9.47. The molecular weight excluding hydrogens is 578 g/mol. The van der Waals surface area contributed by atoms with E-state index < -0.39 is 18.2 Å². The standard InChI is InChI=1S/C39H65NO6/c1-7-29(42)12-16-36(43)45-30(20-24-41)19-23-40-37(44)46-31-17-21-38(5)28(25-31)11-13-32-34-15-14-33(27(4)10-8-9-26(2)3)39(34,6)22-18-35(32)38/h11,26-27,30-35,41H,7-10,12-25H2,1-6H3,(H,40,44)/t27-,30?,31-,32?,33+,34?,35?,38-,39+/m0/s1/i41D. The third-order valence-corrected chi connectivity index (χ3v) is 13.0. The number of hydrogen-bond donors (Lipinski definition) is 2. The maximum atomic E-state index is 12.8. The second-order valence-electron chi connectivity index (χ2n) is 16.3. The fraction of sp³-hybridized carbons (Fsp3) is 0.872. The molecule has 9 atom stereocenters. The van der Waals surface area contributed by atoms with Crippen LogP contribution in [0, 0.1) is 46.3 Å². The van der Waals surface area contributed by atoms with E-state index in [-0.39, 0.29) is 43.3 Å². The first-order chi connectivity index (χ1) is 22.4. The number of aliphatic hydroxyl groups is 1. The zero-order chi connectivity index (χ0) is 34.2. The summed E-state index contributed by atoms with van der Waals surface area (Å²) in [7, 11) is 0. The quantitative estimate of drug-likeness (QED) is 0.122. The first-order valence-corrected chi connectivity index (χ1v) is 18.8. The highest BCUT2D eigenvalue weighted by Gasteiger charge is 2.59. The van der Waals surface area contributed by atoms with Crippen molar-refractivity contribution < 1.29 is 29.0 Å². The molecule has 0 aromatic heterocycles. The van der Waals surface area contributed by atoms with Crippen molar-refractivity contribution in [3.05, 3.63) is 11.6 Å². The predicted molar refractivity (Wildman–Crippen MR) is 182 cm³/mol. The summed E-state index contributed by atoms with van der Waals surface area (Å²) in [5.41, 5.74) is 2.20. The highest BCUT2D eigenvalue weighted by molar-refractivity contribution is 5.82. The molecule has 0 aliphatic heterocycles. The summed E-state index contributed by atoms with van der Waals surface area (Å²) in [6, 6.07) is 0. The van der Waals surface area contributed by atoms with Crippen LogP contribution >= 0.6 is 0 Å². The molecule has 3 saturated carbocycles. The topological polar surface area (TPSA) is 102 Å². The third kappa shape index (κ3) is 8.76. The molecular formula is C39H65NO6. The van der Waals surface area contributed by atoms with Crippen LogP contribution in [0.3, 0.4) is 0 Å². The van der Waals surface area contributed by atoms with E-state index in [9.17, 15) is 14.4 Å². The number of esters is 1. The Labute approximate surface area is 280 Å². The second kappa shape index (κ2) is 16.5. The van der Waals surface area contributed by atoms with Crippen LogP contribution in [0.25, 0.3) is 0 Å². The zero-order valence-electron chi connectivity index (χ0n) is 30.9. The maximum absolute atomic E-state index is 12.8. The van der Waals surface area contributed by atoms with Gasteiger partial charge in [-0.05, 0) is 91.3 Å². The zero-order valence-corrected chi connectivity index (χ0v) is 29.9. The molecule has 0 spiro atoms. The van der Waals surface area contributed by atoms with Crippen molar-refractivity contribution in [1.29, 1.82) is 1.43 Å². The van der Waals surface area contributed by atoms with Crippen molar-refractivity contribution >= 4 is 17.8 Å². The van der Waals surface area contributed by atoms with Gasteiger partial charge >= 0.3 is 12.1 Å². The summed E-state index contributed by atoms with van der Waals surface area (Å²) in [6.45, 7) is 14.6. The Morgan fingerprint density at radius 2 is 1.83 bits per heavy atom. The summed E-state index contributed by atoms with van der Waals surface area (Å²) in [4.78, 5) is 36.6. The molecule has 3 fully saturated rings. The number of allylic oxidation sites excluding steroid dienone is 1. The number of fused-ring (bicyclic) bond motifs is 5. The first-order valence-electron chi connectivity index (χ1n) is 19.2. The van der Waals surface area contributed by atoms with E-state index in [1.165, 1.54) is 56.9 Å². The van der Waals surface area contributed by atoms with Gasteiger partial charge in [-0.3, -0.25) is 9.59 Å². The summed E-state index contributed by atoms with van der Waals surface area (Å²) in [5.74, 6) is 4.42. The molecule has 2 N–H and O–H groups in total. The van der Waals surface area contributed by atoms with Gasteiger partial charge in [-0.15, -0.1) is 0 Å². The number of alkyl carbamates (subject to hydrolysis) is 1. The minimum absolute atomic E-state index is 0.0193. The molecule has 0 heterocycles. The molecule has 4 aliphatic carbocycles. The number of rotatable bonds is 17. The summed E-state index contributed by atoms with van der Waals surface area (Å²) in [5, 5.41) is 7.27. The van der Waals surface area contributed by atoms with Crippen LogP contribution < -0.4 is 5.32 Å². The Hall–Kier alpha value is -1.89. The van der Waals surface area contributed by atoms with Crippen LogP contribution in [0.15, 0.2) is 11.6 Å². The second-order valence-corrected chi connectivity index (χ2v) is 16.3. The van der Waals surface area contributed by atoms with Gasteiger partial charge in [-0.1, -0.05) is 72.5 Å². The highest BCUT2D eigenvalue weighted by Crippen LogP contribution is 2.67. The summed E-state index contributed by atoms with van der Waals surface area (Å²) < 4.78 is 18.4. The molecule has 4 unspecified atom stereocenters. The summed E-state index contributed by atoms with van der Waals surface area (Å²) >= 11 is 0. The van der Waals surface area contributed by atoms with Crippen molar-refractivity contribution in [2.24, 2.45) is 46.3 Å². The lowest BCUT2D eigenvalue weighted by Crippen LogP contribution is -2.51. The number of hydrogen-bond acceptors (Lipinski definition) is 6. The monoisotopic (exact) mass is 644 g/mol. The van der Waals surface area contributed by atoms with Crippen LogP contribution in [0.4, 0.5) is 4.79 Å². The number of carbonyl (C=O) groups excluding carboxylic acids is 3. The highest BCUT2D eigenvalue weighted by atomic mass is 16.6. The molecule has 0 saturated heterocycles. The van der Waals surface area contributed by atoms with Crippen LogP contribution in [-0.2, 0) is 19.1 Å². The molecule has 46 heavy (non-hydrogen) atoms. The molecule has 7 nitrogen and oxygen atoms in total. The van der Waals surface area contributed by atoms with Gasteiger partial charge in [0.1, 0.15) is 18.0 Å². The number of ketones is 1. The first kappa shape index (κ1) is 35.4. The van der Waals surface area contributed by atoms with E-state index in [4.69, 9.17) is 10.9 Å². The number of amides is 1. The lowest BCUT2D eigenvalue weighted by molar-refractivity contribution is -0.151. The molecule has 0 aromatic carbocycles. The van der Waals surface area contributed by atoms with Crippen LogP contribution in [0.5, 0.6) is 0 Å². The smallest absolute Gasteiger partial charge is 0.407 e. The number of aliphatic hydroxyl groups excluding tert-OH is 1. The van der Waals surface area contributed by atoms with Gasteiger partial charge in [0.05, 0.1) is 6.42 Å².